The third-order valence-corrected chi connectivity index (χ3v) is 6.12. The fourth-order valence-electron chi connectivity index (χ4n) is 2.89. The first kappa shape index (κ1) is 19.1. The van der Waals surface area contributed by atoms with Gasteiger partial charge in [0.25, 0.3) is 5.91 Å². The first-order valence-corrected chi connectivity index (χ1v) is 9.98. The molecule has 10 heteroatoms. The van der Waals surface area contributed by atoms with E-state index in [-0.39, 0.29) is 29.6 Å². The predicted octanol–water partition coefficient (Wildman–Crippen LogP) is 0.262. The topological polar surface area (TPSA) is 113 Å². The second kappa shape index (κ2) is 7.49. The molecule has 0 spiro atoms. The van der Waals surface area contributed by atoms with E-state index in [0.29, 0.717) is 17.9 Å². The van der Waals surface area contributed by atoms with Crippen molar-refractivity contribution in [2.75, 3.05) is 20.1 Å². The molecular weight excluding hydrogens is 370 g/mol. The Morgan fingerprint density at radius 1 is 1.26 bits per heavy atom. The van der Waals surface area contributed by atoms with Crippen molar-refractivity contribution in [3.8, 4) is 5.69 Å². The molecule has 0 unspecified atom stereocenters. The van der Waals surface area contributed by atoms with E-state index in [9.17, 15) is 18.0 Å². The molecule has 2 heterocycles. The van der Waals surface area contributed by atoms with Crippen LogP contribution in [0.3, 0.4) is 0 Å². The zero-order valence-corrected chi connectivity index (χ0v) is 15.9. The van der Waals surface area contributed by atoms with E-state index in [2.05, 4.69) is 15.6 Å². The van der Waals surface area contributed by atoms with Gasteiger partial charge in [-0.15, -0.1) is 0 Å². The lowest BCUT2D eigenvalue weighted by Gasteiger charge is -2.19. The van der Waals surface area contributed by atoms with Crippen molar-refractivity contribution in [1.82, 2.24) is 24.5 Å². The molecule has 1 aromatic carbocycles. The summed E-state index contributed by atoms with van der Waals surface area (Å²) in [6, 6.07) is 6.46. The molecule has 0 atom stereocenters. The summed E-state index contributed by atoms with van der Waals surface area (Å²) in [6.07, 6.45) is 2.20. The van der Waals surface area contributed by atoms with Crippen molar-refractivity contribution >= 4 is 21.8 Å². The summed E-state index contributed by atoms with van der Waals surface area (Å²) < 4.78 is 28.9. The number of carbonyl (C=O) groups is 2. The molecule has 0 radical (unpaired) electrons. The van der Waals surface area contributed by atoms with E-state index < -0.39 is 15.9 Å². The van der Waals surface area contributed by atoms with Crippen molar-refractivity contribution < 1.29 is 18.0 Å². The Balaban J connectivity index is 2.15. The third-order valence-electron chi connectivity index (χ3n) is 4.28. The maximum atomic E-state index is 13.1. The van der Waals surface area contributed by atoms with E-state index in [1.807, 2.05) is 6.92 Å². The lowest BCUT2D eigenvalue weighted by Crippen LogP contribution is -2.39. The van der Waals surface area contributed by atoms with E-state index in [0.717, 1.165) is 10.7 Å². The summed E-state index contributed by atoms with van der Waals surface area (Å²) in [5.41, 5.74) is 0.965. The first-order chi connectivity index (χ1) is 12.9. The van der Waals surface area contributed by atoms with Gasteiger partial charge in [0.05, 0.1) is 24.5 Å². The number of imidazole rings is 1. The lowest BCUT2D eigenvalue weighted by molar-refractivity contribution is -0.120. The quantitative estimate of drug-likeness (QED) is 0.759. The predicted molar refractivity (Wildman–Crippen MR) is 97.9 cm³/mol. The molecular formula is C17H21N5O4S. The number of fused-ring (bicyclic) bond motifs is 3. The smallest absolute Gasteiger partial charge is 0.271 e. The number of hydrogen-bond donors (Lipinski definition) is 2. The van der Waals surface area contributed by atoms with Gasteiger partial charge in [-0.05, 0) is 18.6 Å². The van der Waals surface area contributed by atoms with Gasteiger partial charge in [0.15, 0.2) is 5.69 Å². The second-order valence-corrected chi connectivity index (χ2v) is 7.99. The van der Waals surface area contributed by atoms with Crippen LogP contribution in [0.1, 0.15) is 29.5 Å². The van der Waals surface area contributed by atoms with Crippen LogP contribution in [0.15, 0.2) is 35.5 Å². The zero-order valence-electron chi connectivity index (χ0n) is 15.1. The number of aromatic nitrogens is 2. The number of benzene rings is 1. The third kappa shape index (κ3) is 3.45. The van der Waals surface area contributed by atoms with Crippen LogP contribution >= 0.6 is 0 Å². The van der Waals surface area contributed by atoms with E-state index >= 15 is 0 Å². The van der Waals surface area contributed by atoms with Gasteiger partial charge in [0, 0.05) is 13.6 Å². The number of likely N-dealkylation sites (N-methyl/N-ethyl adjacent to an activating group) is 1. The van der Waals surface area contributed by atoms with Gasteiger partial charge in [0.1, 0.15) is 11.2 Å². The maximum Gasteiger partial charge on any atom is 0.271 e. The number of hydrogen-bond acceptors (Lipinski definition) is 5. The largest absolute Gasteiger partial charge is 0.358 e. The molecule has 9 nitrogen and oxygen atoms in total. The van der Waals surface area contributed by atoms with Crippen LogP contribution in [0.5, 0.6) is 0 Å². The van der Waals surface area contributed by atoms with Crippen LogP contribution in [-0.4, -0.2) is 54.2 Å². The number of carbonyl (C=O) groups excluding carboxylic acids is 2. The molecule has 144 valence electrons. The van der Waals surface area contributed by atoms with Gasteiger partial charge in [-0.2, -0.15) is 4.31 Å². The number of nitrogens with one attached hydrogen (secondary N) is 2. The van der Waals surface area contributed by atoms with Gasteiger partial charge in [0.2, 0.25) is 15.9 Å². The molecule has 0 saturated carbocycles. The normalized spacial score (nSPS) is 15.3. The highest BCUT2D eigenvalue weighted by Crippen LogP contribution is 2.31. The minimum absolute atomic E-state index is 0.0607. The van der Waals surface area contributed by atoms with Crippen LogP contribution in [0, 0.1) is 0 Å². The molecule has 0 aliphatic carbocycles. The van der Waals surface area contributed by atoms with Crippen LogP contribution in [-0.2, 0) is 21.4 Å². The Kier molecular flexibility index (Phi) is 5.29. The molecule has 2 aromatic rings. The molecule has 0 bridgehead atoms. The van der Waals surface area contributed by atoms with Crippen molar-refractivity contribution in [2.24, 2.45) is 0 Å². The maximum absolute atomic E-state index is 13.1. The Morgan fingerprint density at radius 2 is 2.00 bits per heavy atom. The fraction of sp³-hybridized carbons (Fsp3) is 0.353. The highest BCUT2D eigenvalue weighted by atomic mass is 32.2. The Hall–Kier alpha value is -2.72. The molecule has 0 fully saturated rings. The highest BCUT2D eigenvalue weighted by Gasteiger charge is 2.35. The standard InChI is InChI=1S/C17H21N5O4S/c1-3-8-19-17(24)16-13-9-21(10-15(23)18-2)27(25,26)14-7-5-4-6-12(14)22(13)11-20-16/h4-7,11H,3,8-10H2,1-2H3,(H,18,23)(H,19,24). The van der Waals surface area contributed by atoms with Crippen LogP contribution in [0.2, 0.25) is 0 Å². The van der Waals surface area contributed by atoms with Crippen LogP contribution in [0.4, 0.5) is 0 Å². The molecule has 3 rings (SSSR count). The lowest BCUT2D eigenvalue weighted by atomic mass is 10.2. The Bertz CT molecular complexity index is 983. The summed E-state index contributed by atoms with van der Waals surface area (Å²) in [6.45, 7) is 1.93. The number of amides is 2. The number of sulfonamides is 1. The second-order valence-electron chi connectivity index (χ2n) is 6.08. The highest BCUT2D eigenvalue weighted by molar-refractivity contribution is 7.89. The van der Waals surface area contributed by atoms with E-state index in [1.54, 1.807) is 22.8 Å². The minimum Gasteiger partial charge on any atom is -0.358 e. The molecule has 0 saturated heterocycles. The van der Waals surface area contributed by atoms with E-state index in [4.69, 9.17) is 0 Å². The van der Waals surface area contributed by atoms with Gasteiger partial charge < -0.3 is 10.6 Å². The van der Waals surface area contributed by atoms with Crippen molar-refractivity contribution in [3.63, 3.8) is 0 Å². The molecule has 27 heavy (non-hydrogen) atoms. The monoisotopic (exact) mass is 391 g/mol. The summed E-state index contributed by atoms with van der Waals surface area (Å²) in [4.78, 5) is 28.6. The summed E-state index contributed by atoms with van der Waals surface area (Å²) in [7, 11) is -2.49. The number of nitrogens with zero attached hydrogens (tertiary/aromatic N) is 3. The Labute approximate surface area is 157 Å². The van der Waals surface area contributed by atoms with Gasteiger partial charge >= 0.3 is 0 Å². The van der Waals surface area contributed by atoms with Crippen molar-refractivity contribution in [3.05, 3.63) is 42.0 Å². The summed E-state index contributed by atoms with van der Waals surface area (Å²) in [5.74, 6) is -0.816. The van der Waals surface area contributed by atoms with E-state index in [1.165, 1.54) is 19.4 Å². The zero-order chi connectivity index (χ0) is 19.6. The number of rotatable bonds is 5. The van der Waals surface area contributed by atoms with Crippen LogP contribution < -0.4 is 10.6 Å². The molecule has 1 aliphatic heterocycles. The van der Waals surface area contributed by atoms with Crippen LogP contribution in [0.25, 0.3) is 5.69 Å². The van der Waals surface area contributed by atoms with Crippen molar-refractivity contribution in [1.29, 1.82) is 0 Å². The summed E-state index contributed by atoms with van der Waals surface area (Å²) in [5, 5.41) is 5.19. The molecule has 1 aliphatic rings. The minimum atomic E-state index is -3.93. The fourth-order valence-corrected chi connectivity index (χ4v) is 4.43. The van der Waals surface area contributed by atoms with Gasteiger partial charge in [-0.25, -0.2) is 13.4 Å². The first-order valence-electron chi connectivity index (χ1n) is 8.54. The van der Waals surface area contributed by atoms with Gasteiger partial charge in [-0.1, -0.05) is 19.1 Å². The Morgan fingerprint density at radius 3 is 2.70 bits per heavy atom. The van der Waals surface area contributed by atoms with Crippen molar-refractivity contribution in [2.45, 2.75) is 24.8 Å². The number of para-hydroxylation sites is 1. The summed E-state index contributed by atoms with van der Waals surface area (Å²) >= 11 is 0. The average Bonchev–Trinajstić information content (AvgIpc) is 3.05. The van der Waals surface area contributed by atoms with Gasteiger partial charge in [-0.3, -0.25) is 14.2 Å². The molecule has 2 amide bonds. The average molecular weight is 391 g/mol. The molecule has 2 N–H and O–H groups in total. The molecule has 1 aromatic heterocycles. The SMILES string of the molecule is CCCNC(=O)c1ncn2c1CN(CC(=O)NC)S(=O)(=O)c1ccccc1-2.